The smallest absolute Gasteiger partial charge is 0.250 e. The standard InChI is InChI=1S/C14H17NO5S2/c1-18-11-8-13(20-3)12(19-2)7-10(11)9-15-22(16,17)14-5-4-6-21-14/h4-8,15H,9H2,1-3H3. The predicted octanol–water partition coefficient (Wildman–Crippen LogP) is 2.25. The third kappa shape index (κ3) is 3.52. The van der Waals surface area contributed by atoms with E-state index < -0.39 is 10.0 Å². The van der Waals surface area contributed by atoms with Gasteiger partial charge < -0.3 is 14.2 Å². The largest absolute Gasteiger partial charge is 0.496 e. The molecule has 0 aliphatic rings. The average molecular weight is 343 g/mol. The summed E-state index contributed by atoms with van der Waals surface area (Å²) in [5.74, 6) is 1.55. The molecule has 1 N–H and O–H groups in total. The van der Waals surface area contributed by atoms with Crippen LogP contribution < -0.4 is 18.9 Å². The molecular formula is C14H17NO5S2. The molecule has 0 amide bonds. The zero-order valence-corrected chi connectivity index (χ0v) is 14.1. The minimum atomic E-state index is -3.53. The Bertz CT molecular complexity index is 726. The second kappa shape index (κ2) is 6.99. The Morgan fingerprint density at radius 1 is 1.05 bits per heavy atom. The van der Waals surface area contributed by atoms with E-state index in [4.69, 9.17) is 14.2 Å². The van der Waals surface area contributed by atoms with Gasteiger partial charge in [0.15, 0.2) is 11.5 Å². The Hall–Kier alpha value is -1.77. The van der Waals surface area contributed by atoms with Crippen molar-refractivity contribution in [1.29, 1.82) is 0 Å². The van der Waals surface area contributed by atoms with Crippen LogP contribution in [-0.2, 0) is 16.6 Å². The zero-order valence-electron chi connectivity index (χ0n) is 12.5. The number of methoxy groups -OCH3 is 3. The van der Waals surface area contributed by atoms with Crippen molar-refractivity contribution >= 4 is 21.4 Å². The van der Waals surface area contributed by atoms with Gasteiger partial charge in [0, 0.05) is 18.2 Å². The molecule has 2 aromatic rings. The zero-order chi connectivity index (χ0) is 16.2. The molecule has 8 heteroatoms. The molecule has 0 saturated heterocycles. The van der Waals surface area contributed by atoms with Crippen molar-refractivity contribution in [3.05, 3.63) is 35.2 Å². The minimum Gasteiger partial charge on any atom is -0.496 e. The van der Waals surface area contributed by atoms with Crippen LogP contribution in [0.1, 0.15) is 5.56 Å². The van der Waals surface area contributed by atoms with E-state index in [2.05, 4.69) is 4.72 Å². The number of thiophene rings is 1. The Morgan fingerprint density at radius 2 is 1.68 bits per heavy atom. The Kier molecular flexibility index (Phi) is 5.28. The first-order valence-corrected chi connectivity index (χ1v) is 8.70. The van der Waals surface area contributed by atoms with Gasteiger partial charge in [0.2, 0.25) is 10.0 Å². The molecule has 1 heterocycles. The van der Waals surface area contributed by atoms with Crippen LogP contribution >= 0.6 is 11.3 Å². The van der Waals surface area contributed by atoms with Gasteiger partial charge in [-0.3, -0.25) is 0 Å². The molecule has 0 aliphatic carbocycles. The average Bonchev–Trinajstić information content (AvgIpc) is 3.07. The summed E-state index contributed by atoms with van der Waals surface area (Å²) >= 11 is 1.16. The van der Waals surface area contributed by atoms with Gasteiger partial charge in [-0.2, -0.15) is 0 Å². The summed E-state index contributed by atoms with van der Waals surface area (Å²) < 4.78 is 42.8. The lowest BCUT2D eigenvalue weighted by molar-refractivity contribution is 0.347. The fourth-order valence-electron chi connectivity index (χ4n) is 1.89. The minimum absolute atomic E-state index is 0.0871. The molecule has 2 rings (SSSR count). The highest BCUT2D eigenvalue weighted by Crippen LogP contribution is 2.34. The first kappa shape index (κ1) is 16.6. The molecule has 0 bridgehead atoms. The van der Waals surface area contributed by atoms with Gasteiger partial charge >= 0.3 is 0 Å². The molecule has 0 aliphatic heterocycles. The molecule has 0 radical (unpaired) electrons. The molecule has 0 fully saturated rings. The summed E-state index contributed by atoms with van der Waals surface area (Å²) in [6.45, 7) is 0.0871. The van der Waals surface area contributed by atoms with Crippen molar-refractivity contribution < 1.29 is 22.6 Å². The maximum absolute atomic E-state index is 12.1. The first-order chi connectivity index (χ1) is 10.5. The van der Waals surface area contributed by atoms with E-state index in [1.165, 1.54) is 21.3 Å². The van der Waals surface area contributed by atoms with Crippen molar-refractivity contribution in [3.8, 4) is 17.2 Å². The van der Waals surface area contributed by atoms with Crippen LogP contribution in [0.25, 0.3) is 0 Å². The fourth-order valence-corrected chi connectivity index (χ4v) is 3.93. The molecule has 0 spiro atoms. The SMILES string of the molecule is COc1cc(OC)c(OC)cc1CNS(=O)(=O)c1cccs1. The fraction of sp³-hybridized carbons (Fsp3) is 0.286. The molecule has 1 aromatic carbocycles. The topological polar surface area (TPSA) is 73.9 Å². The molecule has 22 heavy (non-hydrogen) atoms. The third-order valence-corrected chi connectivity index (χ3v) is 5.80. The number of sulfonamides is 1. The normalized spacial score (nSPS) is 11.2. The lowest BCUT2D eigenvalue weighted by atomic mass is 10.1. The van der Waals surface area contributed by atoms with Gasteiger partial charge in [-0.1, -0.05) is 6.07 Å². The summed E-state index contributed by atoms with van der Waals surface area (Å²) in [5, 5.41) is 1.71. The van der Waals surface area contributed by atoms with Crippen molar-refractivity contribution in [3.63, 3.8) is 0 Å². The second-order valence-corrected chi connectivity index (χ2v) is 7.22. The van der Waals surface area contributed by atoms with Gasteiger partial charge in [0.1, 0.15) is 9.96 Å². The van der Waals surface area contributed by atoms with E-state index in [-0.39, 0.29) is 10.8 Å². The molecular weight excluding hydrogens is 326 g/mol. The van der Waals surface area contributed by atoms with Crippen molar-refractivity contribution in [2.45, 2.75) is 10.8 Å². The summed E-state index contributed by atoms with van der Waals surface area (Å²) in [5.41, 5.74) is 0.653. The highest BCUT2D eigenvalue weighted by atomic mass is 32.2. The molecule has 0 atom stereocenters. The predicted molar refractivity (Wildman–Crippen MR) is 84.4 cm³/mol. The highest BCUT2D eigenvalue weighted by Gasteiger charge is 2.17. The maximum atomic E-state index is 12.1. The van der Waals surface area contributed by atoms with Crippen molar-refractivity contribution in [2.24, 2.45) is 0 Å². The maximum Gasteiger partial charge on any atom is 0.250 e. The molecule has 1 aromatic heterocycles. The van der Waals surface area contributed by atoms with Crippen LogP contribution in [-0.4, -0.2) is 29.7 Å². The van der Waals surface area contributed by atoms with E-state index >= 15 is 0 Å². The second-order valence-electron chi connectivity index (χ2n) is 4.28. The molecule has 120 valence electrons. The molecule has 0 saturated carbocycles. The Morgan fingerprint density at radius 3 is 2.23 bits per heavy atom. The Balaban J connectivity index is 2.26. The van der Waals surface area contributed by atoms with Crippen molar-refractivity contribution in [1.82, 2.24) is 4.72 Å². The summed E-state index contributed by atoms with van der Waals surface area (Å²) in [4.78, 5) is 0. The monoisotopic (exact) mass is 343 g/mol. The number of nitrogens with one attached hydrogen (secondary N) is 1. The Labute approximate surface area is 133 Å². The van der Waals surface area contributed by atoms with Crippen LogP contribution in [0.3, 0.4) is 0 Å². The highest BCUT2D eigenvalue weighted by molar-refractivity contribution is 7.91. The van der Waals surface area contributed by atoms with Crippen molar-refractivity contribution in [2.75, 3.05) is 21.3 Å². The number of hydrogen-bond donors (Lipinski definition) is 1. The molecule has 0 unspecified atom stereocenters. The van der Waals surface area contributed by atoms with Gasteiger partial charge in [-0.05, 0) is 17.5 Å². The van der Waals surface area contributed by atoms with E-state index in [0.29, 0.717) is 22.8 Å². The van der Waals surface area contributed by atoms with E-state index in [9.17, 15) is 8.42 Å². The lowest BCUT2D eigenvalue weighted by Gasteiger charge is -2.14. The lowest BCUT2D eigenvalue weighted by Crippen LogP contribution is -2.22. The van der Waals surface area contributed by atoms with E-state index in [1.54, 1.807) is 29.6 Å². The van der Waals surface area contributed by atoms with Gasteiger partial charge in [0.05, 0.1) is 21.3 Å². The first-order valence-electron chi connectivity index (χ1n) is 6.34. The number of benzene rings is 1. The summed E-state index contributed by atoms with van der Waals surface area (Å²) in [7, 11) is 1.02. The molecule has 6 nitrogen and oxygen atoms in total. The van der Waals surface area contributed by atoms with Crippen LogP contribution in [0, 0.1) is 0 Å². The van der Waals surface area contributed by atoms with E-state index in [0.717, 1.165) is 11.3 Å². The van der Waals surface area contributed by atoms with E-state index in [1.807, 2.05) is 0 Å². The summed E-state index contributed by atoms with van der Waals surface area (Å²) in [6.07, 6.45) is 0. The number of ether oxygens (including phenoxy) is 3. The quantitative estimate of drug-likeness (QED) is 0.835. The van der Waals surface area contributed by atoms with Crippen LogP contribution in [0.4, 0.5) is 0 Å². The van der Waals surface area contributed by atoms with Crippen LogP contribution in [0.15, 0.2) is 33.9 Å². The third-order valence-electron chi connectivity index (χ3n) is 3.00. The van der Waals surface area contributed by atoms with Crippen LogP contribution in [0.2, 0.25) is 0 Å². The van der Waals surface area contributed by atoms with Gasteiger partial charge in [-0.15, -0.1) is 11.3 Å². The number of rotatable bonds is 7. The van der Waals surface area contributed by atoms with Crippen LogP contribution in [0.5, 0.6) is 17.2 Å². The number of hydrogen-bond acceptors (Lipinski definition) is 6. The van der Waals surface area contributed by atoms with Gasteiger partial charge in [-0.25, -0.2) is 13.1 Å². The van der Waals surface area contributed by atoms with Gasteiger partial charge in [0.25, 0.3) is 0 Å². The summed E-state index contributed by atoms with van der Waals surface area (Å²) in [6, 6.07) is 6.59.